The molecule has 1 atom stereocenters. The molecule has 1 aromatic carbocycles. The molecule has 136 valence electrons. The fourth-order valence-corrected chi connectivity index (χ4v) is 2.39. The zero-order chi connectivity index (χ0) is 18.3. The molecule has 0 radical (unpaired) electrons. The highest BCUT2D eigenvalue weighted by molar-refractivity contribution is 5.79. The maximum Gasteiger partial charge on any atom is 0.191 e. The summed E-state index contributed by atoms with van der Waals surface area (Å²) in [6.45, 7) is 6.95. The molecule has 0 spiro atoms. The van der Waals surface area contributed by atoms with E-state index in [9.17, 15) is 9.50 Å². The minimum Gasteiger partial charge on any atom is -0.463 e. The lowest BCUT2D eigenvalue weighted by Gasteiger charge is -2.19. The Bertz CT molecular complexity index is 710. The zero-order valence-corrected chi connectivity index (χ0v) is 15.0. The predicted molar refractivity (Wildman–Crippen MR) is 97.1 cm³/mol. The Kier molecular flexibility index (Phi) is 6.58. The van der Waals surface area contributed by atoms with Crippen LogP contribution < -0.4 is 10.6 Å². The van der Waals surface area contributed by atoms with Gasteiger partial charge in [-0.15, -0.1) is 0 Å². The molecule has 5 nitrogen and oxygen atoms in total. The van der Waals surface area contributed by atoms with Crippen LogP contribution in [0.3, 0.4) is 0 Å². The molecule has 2 aromatic rings. The minimum atomic E-state index is -1.18. The second kappa shape index (κ2) is 8.67. The van der Waals surface area contributed by atoms with Gasteiger partial charge in [-0.2, -0.15) is 0 Å². The molecule has 2 rings (SSSR count). The van der Waals surface area contributed by atoms with Gasteiger partial charge in [-0.3, -0.25) is 0 Å². The van der Waals surface area contributed by atoms with Crippen LogP contribution >= 0.6 is 0 Å². The first kappa shape index (κ1) is 19.0. The number of hydrogen-bond acceptors (Lipinski definition) is 3. The second-order valence-corrected chi connectivity index (χ2v) is 6.19. The second-order valence-electron chi connectivity index (χ2n) is 6.19. The van der Waals surface area contributed by atoms with Gasteiger partial charge in [0.15, 0.2) is 5.96 Å². The molecule has 0 aliphatic heterocycles. The summed E-state index contributed by atoms with van der Waals surface area (Å²) in [5.41, 5.74) is -0.263. The van der Waals surface area contributed by atoms with E-state index >= 15 is 0 Å². The van der Waals surface area contributed by atoms with Crippen LogP contribution in [0.25, 0.3) is 0 Å². The van der Waals surface area contributed by atoms with E-state index < -0.39 is 5.60 Å². The van der Waals surface area contributed by atoms with Gasteiger partial charge in [0.05, 0.1) is 6.54 Å². The highest BCUT2D eigenvalue weighted by Gasteiger charge is 2.26. The molecule has 0 saturated heterocycles. The van der Waals surface area contributed by atoms with Gasteiger partial charge in [0.25, 0.3) is 0 Å². The van der Waals surface area contributed by atoms with E-state index in [0.29, 0.717) is 31.2 Å². The SMILES string of the molecule is CCNC(=NCC(C)(O)c1ccc(C)o1)NCCc1cccc(F)c1. The Morgan fingerprint density at radius 2 is 2.08 bits per heavy atom. The summed E-state index contributed by atoms with van der Waals surface area (Å²) >= 11 is 0. The minimum absolute atomic E-state index is 0.162. The first-order chi connectivity index (χ1) is 11.9. The maximum atomic E-state index is 13.2. The summed E-state index contributed by atoms with van der Waals surface area (Å²) in [6, 6.07) is 10.1. The van der Waals surface area contributed by atoms with Gasteiger partial charge in [0.2, 0.25) is 0 Å². The number of benzene rings is 1. The number of guanidine groups is 1. The number of aliphatic imine (C=N–C) groups is 1. The Morgan fingerprint density at radius 3 is 2.72 bits per heavy atom. The Labute approximate surface area is 148 Å². The molecule has 3 N–H and O–H groups in total. The van der Waals surface area contributed by atoms with Crippen molar-refractivity contribution in [2.24, 2.45) is 4.99 Å². The standard InChI is InChI=1S/C19H26FN3O2/c1-4-21-18(22-11-10-15-6-5-7-16(20)12-15)23-13-19(3,24)17-9-8-14(2)25-17/h5-9,12,24H,4,10-11,13H2,1-3H3,(H2,21,22,23). The van der Waals surface area contributed by atoms with Crippen molar-refractivity contribution < 1.29 is 13.9 Å². The monoisotopic (exact) mass is 347 g/mol. The van der Waals surface area contributed by atoms with Crippen LogP contribution in [-0.2, 0) is 12.0 Å². The molecule has 0 saturated carbocycles. The predicted octanol–water partition coefficient (Wildman–Crippen LogP) is 2.73. The number of rotatable bonds is 7. The lowest BCUT2D eigenvalue weighted by atomic mass is 10.0. The summed E-state index contributed by atoms with van der Waals surface area (Å²) in [4.78, 5) is 4.43. The summed E-state index contributed by atoms with van der Waals surface area (Å²) in [7, 11) is 0. The highest BCUT2D eigenvalue weighted by atomic mass is 19.1. The van der Waals surface area contributed by atoms with Crippen molar-refractivity contribution in [1.29, 1.82) is 0 Å². The topological polar surface area (TPSA) is 69.8 Å². The molecule has 1 heterocycles. The Hall–Kier alpha value is -2.34. The van der Waals surface area contributed by atoms with Crippen LogP contribution in [0.15, 0.2) is 45.8 Å². The van der Waals surface area contributed by atoms with E-state index in [1.54, 1.807) is 19.1 Å². The van der Waals surface area contributed by atoms with Crippen LogP contribution in [0.4, 0.5) is 4.39 Å². The van der Waals surface area contributed by atoms with Crippen molar-refractivity contribution in [2.75, 3.05) is 19.6 Å². The highest BCUT2D eigenvalue weighted by Crippen LogP contribution is 2.23. The lowest BCUT2D eigenvalue weighted by molar-refractivity contribution is 0.0428. The van der Waals surface area contributed by atoms with Crippen molar-refractivity contribution in [2.45, 2.75) is 32.8 Å². The van der Waals surface area contributed by atoms with Crippen molar-refractivity contribution in [3.05, 3.63) is 59.3 Å². The van der Waals surface area contributed by atoms with Gasteiger partial charge in [-0.05, 0) is 57.0 Å². The van der Waals surface area contributed by atoms with Gasteiger partial charge in [0.1, 0.15) is 22.9 Å². The maximum absolute atomic E-state index is 13.2. The van der Waals surface area contributed by atoms with Gasteiger partial charge < -0.3 is 20.2 Å². The van der Waals surface area contributed by atoms with Crippen LogP contribution in [-0.4, -0.2) is 30.7 Å². The van der Waals surface area contributed by atoms with Crippen LogP contribution in [0.2, 0.25) is 0 Å². The third-order valence-electron chi connectivity index (χ3n) is 3.76. The van der Waals surface area contributed by atoms with Gasteiger partial charge in [0, 0.05) is 13.1 Å². The number of furan rings is 1. The fraction of sp³-hybridized carbons (Fsp3) is 0.421. The molecule has 25 heavy (non-hydrogen) atoms. The molecule has 0 aliphatic carbocycles. The quantitative estimate of drug-likeness (QED) is 0.532. The molecular weight excluding hydrogens is 321 g/mol. The fourth-order valence-electron chi connectivity index (χ4n) is 2.39. The zero-order valence-electron chi connectivity index (χ0n) is 15.0. The Balaban J connectivity index is 1.93. The average molecular weight is 347 g/mol. The van der Waals surface area contributed by atoms with Crippen LogP contribution in [0.5, 0.6) is 0 Å². The normalized spacial score (nSPS) is 14.2. The summed E-state index contributed by atoms with van der Waals surface area (Å²) < 4.78 is 18.7. The first-order valence-corrected chi connectivity index (χ1v) is 8.46. The Morgan fingerprint density at radius 1 is 1.28 bits per heavy atom. The van der Waals surface area contributed by atoms with Gasteiger partial charge >= 0.3 is 0 Å². The van der Waals surface area contributed by atoms with Gasteiger partial charge in [-0.25, -0.2) is 9.38 Å². The van der Waals surface area contributed by atoms with Crippen molar-refractivity contribution >= 4 is 5.96 Å². The first-order valence-electron chi connectivity index (χ1n) is 8.46. The van der Waals surface area contributed by atoms with Crippen molar-refractivity contribution in [3.63, 3.8) is 0 Å². The third-order valence-corrected chi connectivity index (χ3v) is 3.76. The number of aryl methyl sites for hydroxylation is 1. The molecule has 0 amide bonds. The molecule has 1 unspecified atom stereocenters. The van der Waals surface area contributed by atoms with E-state index in [0.717, 1.165) is 11.3 Å². The van der Waals surface area contributed by atoms with E-state index in [-0.39, 0.29) is 12.4 Å². The number of aliphatic hydroxyl groups is 1. The van der Waals surface area contributed by atoms with E-state index in [1.165, 1.54) is 12.1 Å². The molecule has 0 fully saturated rings. The lowest BCUT2D eigenvalue weighted by Crippen LogP contribution is -2.39. The summed E-state index contributed by atoms with van der Waals surface area (Å²) in [5.74, 6) is 1.61. The van der Waals surface area contributed by atoms with Crippen molar-refractivity contribution in [1.82, 2.24) is 10.6 Å². The molecule has 0 bridgehead atoms. The van der Waals surface area contributed by atoms with Gasteiger partial charge in [-0.1, -0.05) is 12.1 Å². The summed E-state index contributed by atoms with van der Waals surface area (Å²) in [5, 5.41) is 16.9. The number of nitrogens with one attached hydrogen (secondary N) is 2. The molecular formula is C19H26FN3O2. The largest absolute Gasteiger partial charge is 0.463 e. The molecule has 1 aromatic heterocycles. The van der Waals surface area contributed by atoms with E-state index in [2.05, 4.69) is 15.6 Å². The number of halogens is 1. The molecule has 0 aliphatic rings. The van der Waals surface area contributed by atoms with Crippen LogP contribution in [0, 0.1) is 12.7 Å². The number of nitrogens with zero attached hydrogens (tertiary/aromatic N) is 1. The van der Waals surface area contributed by atoms with Crippen molar-refractivity contribution in [3.8, 4) is 0 Å². The average Bonchev–Trinajstić information content (AvgIpc) is 3.00. The van der Waals surface area contributed by atoms with E-state index in [4.69, 9.17) is 4.42 Å². The number of hydrogen-bond donors (Lipinski definition) is 3. The third kappa shape index (κ3) is 5.90. The molecule has 6 heteroatoms. The van der Waals surface area contributed by atoms with E-state index in [1.807, 2.05) is 26.0 Å². The smallest absolute Gasteiger partial charge is 0.191 e. The summed E-state index contributed by atoms with van der Waals surface area (Å²) in [6.07, 6.45) is 0.677. The van der Waals surface area contributed by atoms with Crippen LogP contribution in [0.1, 0.15) is 30.9 Å².